The quantitative estimate of drug-likeness (QED) is 0.406. The topological polar surface area (TPSA) is 82.1 Å². The molecule has 2 aromatic rings. The van der Waals surface area contributed by atoms with E-state index in [2.05, 4.69) is 0 Å². The van der Waals surface area contributed by atoms with Crippen molar-refractivity contribution in [2.45, 2.75) is 44.6 Å². The van der Waals surface area contributed by atoms with E-state index in [1.54, 1.807) is 39.0 Å². The Bertz CT molecular complexity index is 1110. The summed E-state index contributed by atoms with van der Waals surface area (Å²) in [6.45, 7) is 6.84. The fraction of sp³-hybridized carbons (Fsp3) is 0.444. The fourth-order valence-electron chi connectivity index (χ4n) is 4.09. The molecule has 2 aromatic carbocycles. The van der Waals surface area contributed by atoms with E-state index < -0.39 is 11.4 Å². The molecule has 2 heterocycles. The molecule has 8 heteroatoms. The Morgan fingerprint density at radius 1 is 1.06 bits per heavy atom. The number of thioether (sulfide) groups is 1. The van der Waals surface area contributed by atoms with Crippen LogP contribution < -0.4 is 9.47 Å². The van der Waals surface area contributed by atoms with Gasteiger partial charge in [-0.2, -0.15) is 0 Å². The van der Waals surface area contributed by atoms with Crippen molar-refractivity contribution >= 4 is 29.4 Å². The maximum Gasteiger partial charge on any atom is 0.339 e. The molecule has 186 valence electrons. The summed E-state index contributed by atoms with van der Waals surface area (Å²) in [4.78, 5) is 40.5. The largest absolute Gasteiger partial charge is 0.486 e. The number of ether oxygens (including phenoxy) is 3. The molecule has 2 aliphatic heterocycles. The zero-order chi connectivity index (χ0) is 25.0. The van der Waals surface area contributed by atoms with Gasteiger partial charge in [0.05, 0.1) is 17.4 Å². The fourth-order valence-corrected chi connectivity index (χ4v) is 5.01. The average molecular weight is 498 g/mol. The lowest BCUT2D eigenvalue weighted by Gasteiger charge is -2.27. The van der Waals surface area contributed by atoms with Crippen LogP contribution in [0, 0.1) is 5.41 Å². The van der Waals surface area contributed by atoms with Crippen LogP contribution in [0.1, 0.15) is 55.6 Å². The van der Waals surface area contributed by atoms with Crippen LogP contribution in [0.25, 0.3) is 0 Å². The molecule has 4 rings (SSSR count). The minimum Gasteiger partial charge on any atom is -0.486 e. The number of rotatable bonds is 7. The van der Waals surface area contributed by atoms with Crippen molar-refractivity contribution in [2.24, 2.45) is 5.41 Å². The predicted octanol–water partition coefficient (Wildman–Crippen LogP) is 4.69. The standard InChI is InChI=1S/C27H31NO6S/c1-27(2,3)24(29)16-34-26(31)19-7-4-5-9-23(19)35-17-25(30)28-12-6-8-20(28)18-10-11-21-22(15-18)33-14-13-32-21/h4-5,7,9-11,15,20H,6,8,12-14,16-17H2,1-3H3. The van der Waals surface area contributed by atoms with E-state index in [1.807, 2.05) is 29.2 Å². The van der Waals surface area contributed by atoms with E-state index in [9.17, 15) is 14.4 Å². The van der Waals surface area contributed by atoms with Crippen LogP contribution in [0.2, 0.25) is 0 Å². The number of hydrogen-bond acceptors (Lipinski definition) is 7. The molecule has 1 saturated heterocycles. The van der Waals surface area contributed by atoms with Crippen LogP contribution in [0.15, 0.2) is 47.4 Å². The summed E-state index contributed by atoms with van der Waals surface area (Å²) < 4.78 is 16.6. The lowest BCUT2D eigenvalue weighted by Crippen LogP contribution is -2.32. The first-order valence-electron chi connectivity index (χ1n) is 11.9. The highest BCUT2D eigenvalue weighted by Gasteiger charge is 2.31. The van der Waals surface area contributed by atoms with Crippen LogP contribution >= 0.6 is 11.8 Å². The molecule has 1 atom stereocenters. The average Bonchev–Trinajstić information content (AvgIpc) is 3.35. The number of amides is 1. The number of carbonyl (C=O) groups excluding carboxylic acids is 3. The van der Waals surface area contributed by atoms with E-state index >= 15 is 0 Å². The molecule has 1 amide bonds. The first-order chi connectivity index (χ1) is 16.7. The number of likely N-dealkylation sites (tertiary alicyclic amines) is 1. The van der Waals surface area contributed by atoms with Crippen molar-refractivity contribution in [1.82, 2.24) is 4.90 Å². The van der Waals surface area contributed by atoms with Gasteiger partial charge in [0, 0.05) is 16.9 Å². The second kappa shape index (κ2) is 10.7. The minimum absolute atomic E-state index is 0.0115. The molecular weight excluding hydrogens is 466 g/mol. The molecule has 35 heavy (non-hydrogen) atoms. The van der Waals surface area contributed by atoms with E-state index in [1.165, 1.54) is 11.8 Å². The van der Waals surface area contributed by atoms with Gasteiger partial charge in [0.25, 0.3) is 0 Å². The van der Waals surface area contributed by atoms with Gasteiger partial charge in [0.1, 0.15) is 13.2 Å². The molecule has 0 radical (unpaired) electrons. The molecular formula is C27H31NO6S. The highest BCUT2D eigenvalue weighted by molar-refractivity contribution is 8.00. The number of ketones is 1. The Hall–Kier alpha value is -3.00. The van der Waals surface area contributed by atoms with Gasteiger partial charge in [-0.3, -0.25) is 9.59 Å². The van der Waals surface area contributed by atoms with Gasteiger partial charge in [-0.15, -0.1) is 11.8 Å². The molecule has 0 spiro atoms. The molecule has 2 aliphatic rings. The Morgan fingerprint density at radius 2 is 1.80 bits per heavy atom. The van der Waals surface area contributed by atoms with Crippen LogP contribution in [0.3, 0.4) is 0 Å². The van der Waals surface area contributed by atoms with Crippen molar-refractivity contribution in [3.05, 3.63) is 53.6 Å². The lowest BCUT2D eigenvalue weighted by atomic mass is 9.91. The highest BCUT2D eigenvalue weighted by Crippen LogP contribution is 2.38. The van der Waals surface area contributed by atoms with E-state index in [-0.39, 0.29) is 30.1 Å². The van der Waals surface area contributed by atoms with Crippen LogP contribution in [-0.2, 0) is 14.3 Å². The number of fused-ring (bicyclic) bond motifs is 1. The summed E-state index contributed by atoms with van der Waals surface area (Å²) in [5, 5.41) is 0. The Labute approximate surface area is 210 Å². The van der Waals surface area contributed by atoms with Gasteiger partial charge >= 0.3 is 5.97 Å². The number of carbonyl (C=O) groups is 3. The monoisotopic (exact) mass is 497 g/mol. The normalized spacial score (nSPS) is 17.2. The van der Waals surface area contributed by atoms with Gasteiger partial charge < -0.3 is 19.1 Å². The van der Waals surface area contributed by atoms with Gasteiger partial charge in [0.2, 0.25) is 5.91 Å². The van der Waals surface area contributed by atoms with E-state index in [0.717, 1.165) is 29.9 Å². The van der Waals surface area contributed by atoms with Crippen LogP contribution in [-0.4, -0.2) is 54.7 Å². The van der Waals surface area contributed by atoms with Crippen molar-refractivity contribution < 1.29 is 28.6 Å². The number of hydrogen-bond donors (Lipinski definition) is 0. The summed E-state index contributed by atoms with van der Waals surface area (Å²) in [5.74, 6) is 0.961. The second-order valence-corrected chi connectivity index (χ2v) is 10.7. The molecule has 0 saturated carbocycles. The summed E-state index contributed by atoms with van der Waals surface area (Å²) >= 11 is 1.31. The van der Waals surface area contributed by atoms with Crippen LogP contribution in [0.5, 0.6) is 11.5 Å². The molecule has 0 bridgehead atoms. The number of Topliss-reactive ketones (excluding diaryl/α,β-unsaturated/α-hetero) is 1. The minimum atomic E-state index is -0.579. The molecule has 0 aliphatic carbocycles. The van der Waals surface area contributed by atoms with Crippen molar-refractivity contribution in [3.8, 4) is 11.5 Å². The number of esters is 1. The van der Waals surface area contributed by atoms with Crippen molar-refractivity contribution in [2.75, 3.05) is 32.1 Å². The highest BCUT2D eigenvalue weighted by atomic mass is 32.2. The molecule has 1 unspecified atom stereocenters. The SMILES string of the molecule is CC(C)(C)C(=O)COC(=O)c1ccccc1SCC(=O)N1CCCC1c1ccc2c(c1)OCCO2. The molecule has 7 nitrogen and oxygen atoms in total. The summed E-state index contributed by atoms with van der Waals surface area (Å²) in [5.41, 5.74) is 0.819. The van der Waals surface area contributed by atoms with Crippen molar-refractivity contribution in [1.29, 1.82) is 0 Å². The number of benzene rings is 2. The Morgan fingerprint density at radius 3 is 2.57 bits per heavy atom. The second-order valence-electron chi connectivity index (χ2n) is 9.68. The van der Waals surface area contributed by atoms with Crippen LogP contribution in [0.4, 0.5) is 0 Å². The first kappa shape index (κ1) is 25.1. The van der Waals surface area contributed by atoms with Gasteiger partial charge in [-0.25, -0.2) is 4.79 Å². The zero-order valence-corrected chi connectivity index (χ0v) is 21.2. The molecule has 1 fully saturated rings. The third kappa shape index (κ3) is 5.99. The predicted molar refractivity (Wildman–Crippen MR) is 133 cm³/mol. The lowest BCUT2D eigenvalue weighted by molar-refractivity contribution is -0.130. The summed E-state index contributed by atoms with van der Waals surface area (Å²) in [7, 11) is 0. The Balaban J connectivity index is 1.39. The number of nitrogens with zero attached hydrogens (tertiary/aromatic N) is 1. The third-order valence-electron chi connectivity index (χ3n) is 6.15. The smallest absolute Gasteiger partial charge is 0.339 e. The summed E-state index contributed by atoms with van der Waals surface area (Å²) in [6.07, 6.45) is 1.82. The van der Waals surface area contributed by atoms with Gasteiger partial charge in [-0.1, -0.05) is 39.0 Å². The maximum absolute atomic E-state index is 13.2. The Kier molecular flexibility index (Phi) is 7.69. The van der Waals surface area contributed by atoms with Gasteiger partial charge in [0.15, 0.2) is 23.9 Å². The maximum atomic E-state index is 13.2. The van der Waals surface area contributed by atoms with Gasteiger partial charge in [-0.05, 0) is 42.7 Å². The molecule has 0 aromatic heterocycles. The summed E-state index contributed by atoms with van der Waals surface area (Å²) in [6, 6.07) is 12.9. The van der Waals surface area contributed by atoms with E-state index in [4.69, 9.17) is 14.2 Å². The third-order valence-corrected chi connectivity index (χ3v) is 7.21. The van der Waals surface area contributed by atoms with Crippen molar-refractivity contribution in [3.63, 3.8) is 0 Å². The first-order valence-corrected chi connectivity index (χ1v) is 12.8. The molecule has 0 N–H and O–H groups in total. The zero-order valence-electron chi connectivity index (χ0n) is 20.4. The van der Waals surface area contributed by atoms with E-state index in [0.29, 0.717) is 30.2 Å².